The van der Waals surface area contributed by atoms with Gasteiger partial charge < -0.3 is 5.11 Å². The van der Waals surface area contributed by atoms with Crippen LogP contribution >= 0.6 is 11.6 Å². The fourth-order valence-electron chi connectivity index (χ4n) is 4.75. The van der Waals surface area contributed by atoms with Crippen LogP contribution in [0.4, 0.5) is 17.1 Å². The van der Waals surface area contributed by atoms with Gasteiger partial charge in [0.2, 0.25) is 0 Å². The second-order valence-electron chi connectivity index (χ2n) is 11.5. The van der Waals surface area contributed by atoms with Gasteiger partial charge >= 0.3 is 0 Å². The topological polar surface area (TPSA) is 150 Å². The maximum absolute atomic E-state index is 10.8. The summed E-state index contributed by atoms with van der Waals surface area (Å²) in [5.41, 5.74) is 2.55. The Bertz CT molecular complexity index is 1410. The van der Waals surface area contributed by atoms with Crippen molar-refractivity contribution in [2.24, 2.45) is 17.8 Å². The van der Waals surface area contributed by atoms with Crippen molar-refractivity contribution in [3.8, 4) is 0 Å². The van der Waals surface area contributed by atoms with Gasteiger partial charge in [-0.2, -0.15) is 0 Å². The van der Waals surface area contributed by atoms with Gasteiger partial charge in [0.1, 0.15) is 0 Å². The molecule has 0 aliphatic heterocycles. The molecule has 44 heavy (non-hydrogen) atoms. The van der Waals surface area contributed by atoms with Crippen molar-refractivity contribution >= 4 is 34.7 Å². The van der Waals surface area contributed by atoms with Gasteiger partial charge in [0.05, 0.1) is 26.4 Å². The first-order chi connectivity index (χ1) is 21.1. The summed E-state index contributed by atoms with van der Waals surface area (Å²) in [7, 11) is 0. The van der Waals surface area contributed by atoms with E-state index in [0.29, 0.717) is 41.7 Å². The van der Waals surface area contributed by atoms with Gasteiger partial charge in [0.25, 0.3) is 17.1 Å². The van der Waals surface area contributed by atoms with Crippen molar-refractivity contribution in [2.45, 2.75) is 62.8 Å². The highest BCUT2D eigenvalue weighted by atomic mass is 35.5. The van der Waals surface area contributed by atoms with Crippen LogP contribution in [0.15, 0.2) is 78.9 Å². The van der Waals surface area contributed by atoms with Gasteiger partial charge in [-0.05, 0) is 68.8 Å². The molecule has 6 rings (SSSR count). The monoisotopic (exact) mass is 621 g/mol. The highest BCUT2D eigenvalue weighted by Gasteiger charge is 2.32. The molecule has 0 bridgehead atoms. The number of aliphatic hydroxyl groups is 1. The molecule has 3 aromatic rings. The fraction of sp³-hybridized carbons (Fsp3) is 0.394. The molecule has 0 radical (unpaired) electrons. The predicted octanol–water partition coefficient (Wildman–Crippen LogP) is 8.08. The molecular formula is C33H36ClN3O7. The Morgan fingerprint density at radius 1 is 0.682 bits per heavy atom. The highest BCUT2D eigenvalue weighted by Crippen LogP contribution is 2.38. The van der Waals surface area contributed by atoms with Crippen LogP contribution in [0.3, 0.4) is 0 Å². The maximum atomic E-state index is 10.8. The largest absolute Gasteiger partial charge is 0.392 e. The third kappa shape index (κ3) is 10.2. The van der Waals surface area contributed by atoms with E-state index in [1.54, 1.807) is 42.5 Å². The molecule has 3 fully saturated rings. The van der Waals surface area contributed by atoms with Crippen LogP contribution < -0.4 is 0 Å². The molecule has 0 spiro atoms. The van der Waals surface area contributed by atoms with E-state index in [1.807, 2.05) is 18.2 Å². The number of halogens is 1. The first-order valence-corrected chi connectivity index (χ1v) is 15.3. The number of hydrogen-bond acceptors (Lipinski definition) is 7. The molecule has 11 heteroatoms. The minimum absolute atomic E-state index is 0.0473. The first kappa shape index (κ1) is 32.8. The van der Waals surface area contributed by atoms with E-state index in [1.165, 1.54) is 31.0 Å². The minimum atomic E-state index is -0.425. The Balaban J connectivity index is 0.000000151. The number of nitro benzene ring substituents is 3. The lowest BCUT2D eigenvalue weighted by molar-refractivity contribution is -0.385. The lowest BCUT2D eigenvalue weighted by atomic mass is 10.0. The van der Waals surface area contributed by atoms with Crippen molar-refractivity contribution < 1.29 is 19.9 Å². The Hall–Kier alpha value is -4.15. The fourth-order valence-corrected chi connectivity index (χ4v) is 5.17. The second-order valence-corrected chi connectivity index (χ2v) is 12.0. The normalized spacial score (nSPS) is 17.0. The molecule has 0 heterocycles. The number of rotatable bonds is 11. The van der Waals surface area contributed by atoms with Crippen LogP contribution in [0.1, 0.15) is 55.2 Å². The molecule has 10 nitrogen and oxygen atoms in total. The van der Waals surface area contributed by atoms with E-state index in [0.717, 1.165) is 31.2 Å². The number of nitrogens with zero attached hydrogens (tertiary/aromatic N) is 3. The van der Waals surface area contributed by atoms with Crippen molar-refractivity contribution in [3.63, 3.8) is 0 Å². The molecule has 2 unspecified atom stereocenters. The lowest BCUT2D eigenvalue weighted by Crippen LogP contribution is -2.13. The number of hydrogen-bond donors (Lipinski definition) is 1. The molecule has 2 atom stereocenters. The maximum Gasteiger partial charge on any atom is 0.276 e. The van der Waals surface area contributed by atoms with Crippen LogP contribution in [0.25, 0.3) is 6.08 Å². The molecule has 3 aliphatic rings. The number of nitro groups is 3. The summed E-state index contributed by atoms with van der Waals surface area (Å²) in [5, 5.41) is 41.9. The summed E-state index contributed by atoms with van der Waals surface area (Å²) in [6, 6.07) is 20.2. The quantitative estimate of drug-likeness (QED) is 0.129. The van der Waals surface area contributed by atoms with E-state index < -0.39 is 11.0 Å². The minimum Gasteiger partial charge on any atom is -0.392 e. The standard InChI is InChI=1S/C11H12ClNO2.C11H13NO3.C11H11NO2/c12-10(8-5-6-8)7-9-3-1-2-4-11(9)13(14)15;13-11(8-5-6-8)7-9-3-1-2-4-10(9)12(14)15;13-12(14)11-4-2-1-3-10(11)8-7-9-5-6-9/h1-4,8,10H,5-7H2;1-4,8,11,13H,5-7H2;1-4,7-9H,5-6H2/b;;8-7+. The SMILES string of the molecule is O=[N+]([O-])c1ccccc1/C=C/C1CC1.O=[N+]([O-])c1ccccc1CC(Cl)C1CC1.O=[N+]([O-])c1ccccc1CC(O)C1CC1. The Labute approximate surface area is 260 Å². The zero-order chi connectivity index (χ0) is 31.6. The van der Waals surface area contributed by atoms with Crippen molar-refractivity contribution in [1.29, 1.82) is 0 Å². The third-order valence-electron chi connectivity index (χ3n) is 7.82. The van der Waals surface area contributed by atoms with Crippen molar-refractivity contribution in [2.75, 3.05) is 0 Å². The summed E-state index contributed by atoms with van der Waals surface area (Å²) >= 11 is 6.17. The van der Waals surface area contributed by atoms with E-state index in [9.17, 15) is 35.4 Å². The third-order valence-corrected chi connectivity index (χ3v) is 8.33. The zero-order valence-corrected chi connectivity index (χ0v) is 25.0. The molecule has 1 N–H and O–H groups in total. The van der Waals surface area contributed by atoms with E-state index in [4.69, 9.17) is 11.6 Å². The van der Waals surface area contributed by atoms with Crippen molar-refractivity contribution in [3.05, 3.63) is 126 Å². The van der Waals surface area contributed by atoms with Gasteiger partial charge in [-0.25, -0.2) is 0 Å². The Kier molecular flexibility index (Phi) is 11.6. The molecular weight excluding hydrogens is 586 g/mol. The first-order valence-electron chi connectivity index (χ1n) is 14.8. The van der Waals surface area contributed by atoms with Gasteiger partial charge in [-0.15, -0.1) is 11.6 Å². The number of alkyl halides is 1. The Morgan fingerprint density at radius 2 is 1.14 bits per heavy atom. The lowest BCUT2D eigenvalue weighted by Gasteiger charge is -2.08. The summed E-state index contributed by atoms with van der Waals surface area (Å²) in [4.78, 5) is 31.0. The molecule has 3 saturated carbocycles. The van der Waals surface area contributed by atoms with Crippen LogP contribution in [-0.2, 0) is 12.8 Å². The van der Waals surface area contributed by atoms with Crippen LogP contribution in [0.5, 0.6) is 0 Å². The van der Waals surface area contributed by atoms with Crippen LogP contribution in [0, 0.1) is 48.1 Å². The van der Waals surface area contributed by atoms with Gasteiger partial charge in [0.15, 0.2) is 0 Å². The Morgan fingerprint density at radius 3 is 1.61 bits per heavy atom. The summed E-state index contributed by atoms with van der Waals surface area (Å²) in [6.45, 7) is 0. The van der Waals surface area contributed by atoms with Crippen LogP contribution in [-0.4, -0.2) is 31.4 Å². The average Bonchev–Trinajstić information content (AvgIpc) is 3.85. The molecule has 3 aromatic carbocycles. The number of allylic oxidation sites excluding steroid dienone is 1. The van der Waals surface area contributed by atoms with Crippen LogP contribution in [0.2, 0.25) is 0 Å². The molecule has 0 saturated heterocycles. The van der Waals surface area contributed by atoms with Gasteiger partial charge in [-0.1, -0.05) is 60.7 Å². The van der Waals surface area contributed by atoms with E-state index in [2.05, 4.69) is 6.08 Å². The summed E-state index contributed by atoms with van der Waals surface area (Å²) in [5.74, 6) is 1.56. The van der Waals surface area contributed by atoms with Gasteiger partial charge in [0, 0.05) is 41.1 Å². The highest BCUT2D eigenvalue weighted by molar-refractivity contribution is 6.21. The van der Waals surface area contributed by atoms with Crippen molar-refractivity contribution in [1.82, 2.24) is 0 Å². The summed E-state index contributed by atoms with van der Waals surface area (Å²) < 4.78 is 0. The molecule has 232 valence electrons. The van der Waals surface area contributed by atoms with E-state index >= 15 is 0 Å². The smallest absolute Gasteiger partial charge is 0.276 e. The van der Waals surface area contributed by atoms with E-state index in [-0.39, 0.29) is 32.3 Å². The molecule has 0 amide bonds. The summed E-state index contributed by atoms with van der Waals surface area (Å²) in [6.07, 6.45) is 11.3. The number of para-hydroxylation sites is 3. The predicted molar refractivity (Wildman–Crippen MR) is 170 cm³/mol. The number of benzene rings is 3. The number of aliphatic hydroxyl groups excluding tert-OH is 1. The average molecular weight is 622 g/mol. The van der Waals surface area contributed by atoms with Gasteiger partial charge in [-0.3, -0.25) is 30.3 Å². The second kappa shape index (κ2) is 15.5. The molecule has 3 aliphatic carbocycles. The molecule has 0 aromatic heterocycles. The zero-order valence-electron chi connectivity index (χ0n) is 24.2.